The van der Waals surface area contributed by atoms with E-state index in [9.17, 15) is 4.79 Å². The number of rotatable bonds is 4. The molecule has 0 saturated heterocycles. The van der Waals surface area contributed by atoms with Gasteiger partial charge in [0.1, 0.15) is 11.6 Å². The first-order chi connectivity index (χ1) is 12.7. The van der Waals surface area contributed by atoms with E-state index in [4.69, 9.17) is 14.2 Å². The van der Waals surface area contributed by atoms with Crippen molar-refractivity contribution in [1.29, 1.82) is 0 Å². The Morgan fingerprint density at radius 1 is 1.23 bits per heavy atom. The molecule has 6 heteroatoms. The van der Waals surface area contributed by atoms with Gasteiger partial charge in [-0.05, 0) is 25.1 Å². The molecule has 2 heterocycles. The van der Waals surface area contributed by atoms with Crippen LogP contribution >= 0.6 is 0 Å². The van der Waals surface area contributed by atoms with Gasteiger partial charge in [-0.15, -0.1) is 0 Å². The number of H-pyrrole nitrogens is 1. The average molecular weight is 350 g/mol. The molecule has 0 unspecified atom stereocenters. The van der Waals surface area contributed by atoms with Crippen LogP contribution in [-0.2, 0) is 6.42 Å². The Morgan fingerprint density at radius 3 is 2.88 bits per heavy atom. The van der Waals surface area contributed by atoms with Crippen molar-refractivity contribution < 1.29 is 14.2 Å². The highest BCUT2D eigenvalue weighted by Crippen LogP contribution is 2.40. The summed E-state index contributed by atoms with van der Waals surface area (Å²) >= 11 is 0. The first-order valence-corrected chi connectivity index (χ1v) is 8.39. The standard InChI is InChI=1S/C20H18N2O4/c1-3-25-16-9-5-6-12-11-15-19(23)21-18(22-20(15)26-17(12)16)13-7-4-8-14(10-13)24-2/h4-10H,3,11H2,1-2H3,(H,21,22,23). The third-order valence-corrected chi connectivity index (χ3v) is 4.25. The maximum atomic E-state index is 12.6. The van der Waals surface area contributed by atoms with Crippen molar-refractivity contribution in [1.82, 2.24) is 9.97 Å². The lowest BCUT2D eigenvalue weighted by Crippen LogP contribution is -2.20. The van der Waals surface area contributed by atoms with E-state index in [1.165, 1.54) is 0 Å². The van der Waals surface area contributed by atoms with Gasteiger partial charge in [0.05, 0.1) is 19.3 Å². The van der Waals surface area contributed by atoms with Gasteiger partial charge in [0, 0.05) is 17.5 Å². The summed E-state index contributed by atoms with van der Waals surface area (Å²) in [7, 11) is 1.59. The quantitative estimate of drug-likeness (QED) is 0.609. The first-order valence-electron chi connectivity index (χ1n) is 8.39. The van der Waals surface area contributed by atoms with Gasteiger partial charge in [0.2, 0.25) is 5.88 Å². The van der Waals surface area contributed by atoms with Gasteiger partial charge in [-0.25, -0.2) is 0 Å². The molecular weight excluding hydrogens is 332 g/mol. The molecule has 0 amide bonds. The van der Waals surface area contributed by atoms with Crippen molar-refractivity contribution in [3.8, 4) is 34.5 Å². The van der Waals surface area contributed by atoms with Crippen LogP contribution in [0.4, 0.5) is 0 Å². The van der Waals surface area contributed by atoms with Crippen molar-refractivity contribution in [3.05, 3.63) is 63.9 Å². The van der Waals surface area contributed by atoms with E-state index in [0.717, 1.165) is 11.1 Å². The number of ether oxygens (including phenoxy) is 3. The second-order valence-corrected chi connectivity index (χ2v) is 5.89. The number of methoxy groups -OCH3 is 1. The van der Waals surface area contributed by atoms with E-state index >= 15 is 0 Å². The summed E-state index contributed by atoms with van der Waals surface area (Å²) in [6, 6.07) is 13.0. The number of nitrogens with one attached hydrogen (secondary N) is 1. The fourth-order valence-electron chi connectivity index (χ4n) is 3.00. The minimum atomic E-state index is -0.208. The molecule has 6 nitrogen and oxygen atoms in total. The number of hydrogen-bond donors (Lipinski definition) is 1. The molecule has 1 aromatic heterocycles. The summed E-state index contributed by atoms with van der Waals surface area (Å²) < 4.78 is 16.9. The molecule has 3 aromatic rings. The topological polar surface area (TPSA) is 73.4 Å². The van der Waals surface area contributed by atoms with Gasteiger partial charge in [-0.2, -0.15) is 4.98 Å². The lowest BCUT2D eigenvalue weighted by Gasteiger charge is -2.21. The molecule has 1 aliphatic rings. The maximum absolute atomic E-state index is 12.6. The average Bonchev–Trinajstić information content (AvgIpc) is 2.67. The summed E-state index contributed by atoms with van der Waals surface area (Å²) in [4.78, 5) is 20.0. The molecule has 1 aliphatic heterocycles. The van der Waals surface area contributed by atoms with Crippen LogP contribution in [0.1, 0.15) is 18.1 Å². The molecule has 0 spiro atoms. The van der Waals surface area contributed by atoms with E-state index in [-0.39, 0.29) is 5.56 Å². The van der Waals surface area contributed by atoms with Crippen LogP contribution in [0.3, 0.4) is 0 Å². The van der Waals surface area contributed by atoms with E-state index < -0.39 is 0 Å². The summed E-state index contributed by atoms with van der Waals surface area (Å²) in [5.41, 5.74) is 1.96. The number of benzene rings is 2. The number of aromatic amines is 1. The zero-order valence-corrected chi connectivity index (χ0v) is 14.5. The zero-order chi connectivity index (χ0) is 18.1. The van der Waals surface area contributed by atoms with Crippen molar-refractivity contribution in [2.24, 2.45) is 0 Å². The predicted molar refractivity (Wildman–Crippen MR) is 97.3 cm³/mol. The summed E-state index contributed by atoms with van der Waals surface area (Å²) in [6.45, 7) is 2.45. The molecule has 2 aromatic carbocycles. The molecule has 26 heavy (non-hydrogen) atoms. The second kappa shape index (κ2) is 6.55. The third-order valence-electron chi connectivity index (χ3n) is 4.25. The Hall–Kier alpha value is -3.28. The molecule has 0 bridgehead atoms. The Kier molecular flexibility index (Phi) is 4.08. The van der Waals surface area contributed by atoms with Crippen LogP contribution in [0.15, 0.2) is 47.3 Å². The van der Waals surface area contributed by atoms with Crippen molar-refractivity contribution in [3.63, 3.8) is 0 Å². The Labute approximate surface area is 150 Å². The minimum Gasteiger partial charge on any atom is -0.497 e. The fraction of sp³-hybridized carbons (Fsp3) is 0.200. The van der Waals surface area contributed by atoms with Gasteiger partial charge in [0.25, 0.3) is 5.56 Å². The minimum absolute atomic E-state index is 0.208. The highest BCUT2D eigenvalue weighted by molar-refractivity contribution is 5.60. The lowest BCUT2D eigenvalue weighted by atomic mass is 10.0. The second-order valence-electron chi connectivity index (χ2n) is 5.89. The maximum Gasteiger partial charge on any atom is 0.258 e. The van der Waals surface area contributed by atoms with Gasteiger partial charge in [-0.3, -0.25) is 4.79 Å². The number of aromatic nitrogens is 2. The summed E-state index contributed by atoms with van der Waals surface area (Å²) in [5, 5.41) is 0. The molecule has 0 radical (unpaired) electrons. The number of fused-ring (bicyclic) bond motifs is 2. The van der Waals surface area contributed by atoms with Crippen LogP contribution in [0.2, 0.25) is 0 Å². The monoisotopic (exact) mass is 350 g/mol. The Morgan fingerprint density at radius 2 is 2.08 bits per heavy atom. The van der Waals surface area contributed by atoms with E-state index in [1.807, 2.05) is 49.4 Å². The smallest absolute Gasteiger partial charge is 0.258 e. The molecule has 0 saturated carbocycles. The van der Waals surface area contributed by atoms with Crippen LogP contribution in [0.25, 0.3) is 11.4 Å². The van der Waals surface area contributed by atoms with E-state index in [1.54, 1.807) is 7.11 Å². The van der Waals surface area contributed by atoms with E-state index in [0.29, 0.717) is 47.5 Å². The molecular formula is C20H18N2O4. The largest absolute Gasteiger partial charge is 0.497 e. The molecule has 1 N–H and O–H groups in total. The molecule has 0 atom stereocenters. The normalized spacial score (nSPS) is 11.9. The highest BCUT2D eigenvalue weighted by atomic mass is 16.5. The van der Waals surface area contributed by atoms with Crippen LogP contribution in [0.5, 0.6) is 23.1 Å². The number of nitrogens with zero attached hydrogens (tertiary/aromatic N) is 1. The molecule has 0 fully saturated rings. The van der Waals surface area contributed by atoms with Crippen LogP contribution in [-0.4, -0.2) is 23.7 Å². The third kappa shape index (κ3) is 2.79. The van der Waals surface area contributed by atoms with E-state index in [2.05, 4.69) is 9.97 Å². The van der Waals surface area contributed by atoms with Crippen LogP contribution < -0.4 is 19.8 Å². The number of para-hydroxylation sites is 1. The predicted octanol–water partition coefficient (Wildman–Crippen LogP) is 3.54. The first kappa shape index (κ1) is 16.2. The number of hydrogen-bond acceptors (Lipinski definition) is 5. The SMILES string of the molecule is CCOc1cccc2c1Oc1nc(-c3cccc(OC)c3)[nH]c(=O)c1C2. The van der Waals surface area contributed by atoms with Gasteiger partial charge in [0.15, 0.2) is 11.5 Å². The van der Waals surface area contributed by atoms with Gasteiger partial charge < -0.3 is 19.2 Å². The van der Waals surface area contributed by atoms with Crippen molar-refractivity contribution in [2.75, 3.05) is 13.7 Å². The molecule has 132 valence electrons. The fourth-order valence-corrected chi connectivity index (χ4v) is 3.00. The van der Waals surface area contributed by atoms with Crippen molar-refractivity contribution >= 4 is 0 Å². The lowest BCUT2D eigenvalue weighted by molar-refractivity contribution is 0.315. The summed E-state index contributed by atoms with van der Waals surface area (Å²) in [6.07, 6.45) is 0.451. The van der Waals surface area contributed by atoms with Crippen LogP contribution in [0, 0.1) is 0 Å². The molecule has 4 rings (SSSR count). The summed E-state index contributed by atoms with van der Waals surface area (Å²) in [5.74, 6) is 2.71. The van der Waals surface area contributed by atoms with Crippen molar-refractivity contribution in [2.45, 2.75) is 13.3 Å². The zero-order valence-electron chi connectivity index (χ0n) is 14.5. The Balaban J connectivity index is 1.79. The van der Waals surface area contributed by atoms with Gasteiger partial charge >= 0.3 is 0 Å². The van der Waals surface area contributed by atoms with Gasteiger partial charge in [-0.1, -0.05) is 24.3 Å². The Bertz CT molecular complexity index is 1030. The molecule has 0 aliphatic carbocycles. The highest BCUT2D eigenvalue weighted by Gasteiger charge is 2.25.